The van der Waals surface area contributed by atoms with E-state index in [2.05, 4.69) is 43.0 Å². The second-order valence-electron chi connectivity index (χ2n) is 8.39. The second-order valence-corrected chi connectivity index (χ2v) is 9.34. The molecule has 1 saturated heterocycles. The van der Waals surface area contributed by atoms with Gasteiger partial charge in [-0.3, -0.25) is 4.79 Å². The van der Waals surface area contributed by atoms with Gasteiger partial charge in [0.25, 0.3) is 5.91 Å². The quantitative estimate of drug-likeness (QED) is 0.743. The van der Waals surface area contributed by atoms with Crippen LogP contribution in [0.2, 0.25) is 0 Å². The van der Waals surface area contributed by atoms with Crippen LogP contribution >= 0.6 is 11.3 Å². The molecule has 1 aromatic heterocycles. The summed E-state index contributed by atoms with van der Waals surface area (Å²) in [7, 11) is 0. The van der Waals surface area contributed by atoms with Crippen molar-refractivity contribution in [2.24, 2.45) is 5.92 Å². The van der Waals surface area contributed by atoms with Crippen molar-refractivity contribution in [2.75, 3.05) is 24.5 Å². The number of thiophene rings is 1. The van der Waals surface area contributed by atoms with Gasteiger partial charge in [0.15, 0.2) is 0 Å². The highest BCUT2D eigenvalue weighted by Gasteiger charge is 2.50. The van der Waals surface area contributed by atoms with E-state index in [-0.39, 0.29) is 17.9 Å². The van der Waals surface area contributed by atoms with Gasteiger partial charge in [0, 0.05) is 31.2 Å². The number of amides is 1. The number of fused-ring (bicyclic) bond motifs is 1. The molecular formula is C24H32N2O2S. The molecule has 1 aliphatic carbocycles. The van der Waals surface area contributed by atoms with Gasteiger partial charge in [-0.25, -0.2) is 0 Å². The zero-order valence-electron chi connectivity index (χ0n) is 17.5. The maximum Gasteiger partial charge on any atom is 0.264 e. The summed E-state index contributed by atoms with van der Waals surface area (Å²) in [5.41, 5.74) is 1.72. The van der Waals surface area contributed by atoms with E-state index in [1.54, 1.807) is 0 Å². The van der Waals surface area contributed by atoms with Crippen molar-refractivity contribution in [3.05, 3.63) is 52.2 Å². The van der Waals surface area contributed by atoms with Gasteiger partial charge >= 0.3 is 0 Å². The Labute approximate surface area is 178 Å². The Morgan fingerprint density at radius 2 is 1.93 bits per heavy atom. The van der Waals surface area contributed by atoms with E-state index in [1.165, 1.54) is 17.0 Å². The third-order valence-corrected chi connectivity index (χ3v) is 7.78. The summed E-state index contributed by atoms with van der Waals surface area (Å²) < 4.78 is 0. The van der Waals surface area contributed by atoms with Gasteiger partial charge in [-0.15, -0.1) is 11.3 Å². The third kappa shape index (κ3) is 3.82. The lowest BCUT2D eigenvalue weighted by Crippen LogP contribution is -2.56. The zero-order chi connectivity index (χ0) is 20.4. The van der Waals surface area contributed by atoms with Crippen molar-refractivity contribution in [3.63, 3.8) is 0 Å². The van der Waals surface area contributed by atoms with Crippen LogP contribution in [0.25, 0.3) is 0 Å². The Bertz CT molecular complexity index is 816. The van der Waals surface area contributed by atoms with Gasteiger partial charge in [-0.1, -0.05) is 31.0 Å². The number of piperidine rings is 1. The van der Waals surface area contributed by atoms with Gasteiger partial charge in [-0.2, -0.15) is 0 Å². The largest absolute Gasteiger partial charge is 0.389 e. The van der Waals surface area contributed by atoms with E-state index in [0.717, 1.165) is 49.2 Å². The lowest BCUT2D eigenvalue weighted by atomic mass is 9.66. The first-order chi connectivity index (χ1) is 14.1. The summed E-state index contributed by atoms with van der Waals surface area (Å²) in [6.07, 6.45) is 4.73. The zero-order valence-corrected chi connectivity index (χ0v) is 18.3. The summed E-state index contributed by atoms with van der Waals surface area (Å²) in [5, 5.41) is 13.4. The molecule has 1 N–H and O–H groups in total. The van der Waals surface area contributed by atoms with E-state index in [9.17, 15) is 9.90 Å². The van der Waals surface area contributed by atoms with Crippen molar-refractivity contribution < 1.29 is 9.90 Å². The van der Waals surface area contributed by atoms with Crippen molar-refractivity contribution in [1.29, 1.82) is 0 Å². The first-order valence-corrected chi connectivity index (χ1v) is 11.9. The number of hydrogen-bond donors (Lipinski definition) is 1. The fourth-order valence-electron chi connectivity index (χ4n) is 5.33. The highest BCUT2D eigenvalue weighted by molar-refractivity contribution is 7.12. The maximum atomic E-state index is 13.3. The fraction of sp³-hybridized carbons (Fsp3) is 0.542. The molecule has 29 heavy (non-hydrogen) atoms. The van der Waals surface area contributed by atoms with Crippen LogP contribution in [0.1, 0.15) is 67.2 Å². The summed E-state index contributed by atoms with van der Waals surface area (Å²) in [4.78, 5) is 18.5. The molecule has 2 fully saturated rings. The van der Waals surface area contributed by atoms with Crippen LogP contribution in [-0.2, 0) is 0 Å². The molecule has 2 heterocycles. The lowest BCUT2D eigenvalue weighted by molar-refractivity contribution is -0.114. The average molecular weight is 413 g/mol. The van der Waals surface area contributed by atoms with Crippen LogP contribution in [0.4, 0.5) is 5.69 Å². The summed E-state index contributed by atoms with van der Waals surface area (Å²) in [6.45, 7) is 6.91. The highest BCUT2D eigenvalue weighted by Crippen LogP contribution is 2.49. The van der Waals surface area contributed by atoms with Crippen LogP contribution in [0, 0.1) is 5.92 Å². The first-order valence-electron chi connectivity index (χ1n) is 11.0. The Kier molecular flexibility index (Phi) is 5.98. The topological polar surface area (TPSA) is 43.8 Å². The van der Waals surface area contributed by atoms with Crippen LogP contribution in [0.5, 0.6) is 0 Å². The van der Waals surface area contributed by atoms with Crippen molar-refractivity contribution in [3.8, 4) is 0 Å². The van der Waals surface area contributed by atoms with Crippen LogP contribution in [0.15, 0.2) is 41.8 Å². The Morgan fingerprint density at radius 1 is 1.17 bits per heavy atom. The molecular weight excluding hydrogens is 380 g/mol. The van der Waals surface area contributed by atoms with E-state index >= 15 is 0 Å². The highest BCUT2D eigenvalue weighted by atomic mass is 32.1. The molecule has 5 heteroatoms. The summed E-state index contributed by atoms with van der Waals surface area (Å²) >= 11 is 1.50. The number of anilines is 1. The Morgan fingerprint density at radius 3 is 2.59 bits per heavy atom. The number of aliphatic hydroxyl groups is 1. The van der Waals surface area contributed by atoms with Crippen LogP contribution in [0.3, 0.4) is 0 Å². The monoisotopic (exact) mass is 412 g/mol. The standard InChI is InChI=1S/C24H32N2O2S/c1-3-25(4-2)19-12-10-18(11-13-19)22-20-8-5-6-14-24(20,28)15-16-26(22)23(27)21-9-7-17-29-21/h7,9-13,17,20,22,28H,3-6,8,14-16H2,1-2H3/t20-,22+,24-/m0/s1. The Balaban J connectivity index is 1.70. The first kappa shape index (κ1) is 20.4. The van der Waals surface area contributed by atoms with Gasteiger partial charge < -0.3 is 14.9 Å². The summed E-state index contributed by atoms with van der Waals surface area (Å²) in [6, 6.07) is 12.5. The molecule has 0 radical (unpaired) electrons. The van der Waals surface area contributed by atoms with E-state index in [1.807, 2.05) is 22.4 Å². The van der Waals surface area contributed by atoms with Gasteiger partial charge in [-0.05, 0) is 62.3 Å². The molecule has 0 unspecified atom stereocenters. The van der Waals surface area contributed by atoms with Crippen LogP contribution < -0.4 is 4.90 Å². The molecule has 1 aromatic carbocycles. The second kappa shape index (κ2) is 8.49. The van der Waals surface area contributed by atoms with E-state index < -0.39 is 5.60 Å². The SMILES string of the molecule is CCN(CC)c1ccc([C@@H]2[C@@H]3CCCC[C@]3(O)CCN2C(=O)c2cccs2)cc1. The number of likely N-dealkylation sites (tertiary alicyclic amines) is 1. The molecule has 0 spiro atoms. The average Bonchev–Trinajstić information content (AvgIpc) is 3.28. The predicted octanol–water partition coefficient (Wildman–Crippen LogP) is 5.10. The molecule has 1 saturated carbocycles. The minimum atomic E-state index is -0.646. The number of carbonyl (C=O) groups is 1. The number of nitrogens with zero attached hydrogens (tertiary/aromatic N) is 2. The van der Waals surface area contributed by atoms with Crippen molar-refractivity contribution in [2.45, 2.75) is 57.6 Å². The number of carbonyl (C=O) groups excluding carboxylic acids is 1. The summed E-state index contributed by atoms with van der Waals surface area (Å²) in [5.74, 6) is 0.207. The van der Waals surface area contributed by atoms with Gasteiger partial charge in [0.2, 0.25) is 0 Å². The number of benzene rings is 1. The van der Waals surface area contributed by atoms with Gasteiger partial charge in [0.1, 0.15) is 0 Å². The van der Waals surface area contributed by atoms with Crippen molar-refractivity contribution >= 4 is 22.9 Å². The third-order valence-electron chi connectivity index (χ3n) is 6.92. The molecule has 2 aliphatic rings. The fourth-order valence-corrected chi connectivity index (χ4v) is 6.01. The minimum absolute atomic E-state index is 0.0607. The van der Waals surface area contributed by atoms with E-state index in [4.69, 9.17) is 0 Å². The van der Waals surface area contributed by atoms with Crippen molar-refractivity contribution in [1.82, 2.24) is 4.90 Å². The number of hydrogen-bond acceptors (Lipinski definition) is 4. The molecule has 2 aromatic rings. The maximum absolute atomic E-state index is 13.3. The Hall–Kier alpha value is -1.85. The molecule has 0 bridgehead atoms. The normalized spacial score (nSPS) is 26.8. The molecule has 1 aliphatic heterocycles. The molecule has 4 rings (SSSR count). The number of rotatable bonds is 5. The predicted molar refractivity (Wildman–Crippen MR) is 120 cm³/mol. The molecule has 156 valence electrons. The minimum Gasteiger partial charge on any atom is -0.389 e. The molecule has 1 amide bonds. The van der Waals surface area contributed by atoms with Crippen LogP contribution in [-0.4, -0.2) is 41.1 Å². The smallest absolute Gasteiger partial charge is 0.264 e. The lowest BCUT2D eigenvalue weighted by Gasteiger charge is -2.52. The molecule has 4 nitrogen and oxygen atoms in total. The van der Waals surface area contributed by atoms with E-state index in [0.29, 0.717) is 13.0 Å². The van der Waals surface area contributed by atoms with Gasteiger partial charge in [0.05, 0.1) is 16.5 Å². The molecule has 3 atom stereocenters.